The van der Waals surface area contributed by atoms with Gasteiger partial charge < -0.3 is 10.5 Å². The number of ether oxygens (including phenoxy) is 1. The van der Waals surface area contributed by atoms with Crippen LogP contribution in [0.4, 0.5) is 0 Å². The minimum absolute atomic E-state index is 0. The Balaban J connectivity index is 0.00000196. The fourth-order valence-corrected chi connectivity index (χ4v) is 2.13. The normalized spacial score (nSPS) is 19.1. The van der Waals surface area contributed by atoms with Crippen LogP contribution >= 0.6 is 12.4 Å². The van der Waals surface area contributed by atoms with E-state index in [2.05, 4.69) is 0 Å². The highest BCUT2D eigenvalue weighted by Crippen LogP contribution is 2.27. The van der Waals surface area contributed by atoms with Crippen LogP contribution in [0.2, 0.25) is 0 Å². The first kappa shape index (κ1) is 14.7. The first-order valence-electron chi connectivity index (χ1n) is 5.66. The third kappa shape index (κ3) is 5.38. The van der Waals surface area contributed by atoms with Crippen molar-refractivity contribution in [3.05, 3.63) is 0 Å². The molecular weight excluding hydrogens is 214 g/mol. The van der Waals surface area contributed by atoms with Crippen molar-refractivity contribution in [2.24, 2.45) is 11.7 Å². The van der Waals surface area contributed by atoms with Gasteiger partial charge in [0.25, 0.3) is 0 Å². The Morgan fingerprint density at radius 2 is 2.00 bits per heavy atom. The predicted octanol–water partition coefficient (Wildman–Crippen LogP) is 2.27. The predicted molar refractivity (Wildman–Crippen MR) is 63.0 cm³/mol. The van der Waals surface area contributed by atoms with Crippen molar-refractivity contribution >= 4 is 18.4 Å². The van der Waals surface area contributed by atoms with Crippen LogP contribution in [0.1, 0.15) is 45.4 Å². The van der Waals surface area contributed by atoms with E-state index in [9.17, 15) is 4.79 Å². The molecule has 1 unspecified atom stereocenters. The molecule has 0 aromatic rings. The monoisotopic (exact) mass is 235 g/mol. The summed E-state index contributed by atoms with van der Waals surface area (Å²) in [6, 6.07) is -0.405. The second kappa shape index (κ2) is 7.94. The summed E-state index contributed by atoms with van der Waals surface area (Å²) >= 11 is 0. The van der Waals surface area contributed by atoms with Crippen LogP contribution < -0.4 is 5.73 Å². The summed E-state index contributed by atoms with van der Waals surface area (Å²) in [5.74, 6) is 0.404. The second-order valence-corrected chi connectivity index (χ2v) is 4.10. The van der Waals surface area contributed by atoms with Crippen molar-refractivity contribution in [3.8, 4) is 0 Å². The number of halogens is 1. The summed E-state index contributed by atoms with van der Waals surface area (Å²) in [6.07, 6.45) is 7.19. The van der Waals surface area contributed by atoms with Gasteiger partial charge in [-0.15, -0.1) is 12.4 Å². The van der Waals surface area contributed by atoms with Crippen LogP contribution in [0.15, 0.2) is 0 Å². The molecule has 0 spiro atoms. The lowest BCUT2D eigenvalue weighted by Gasteiger charge is -2.23. The van der Waals surface area contributed by atoms with E-state index in [0.29, 0.717) is 12.5 Å². The van der Waals surface area contributed by atoms with Gasteiger partial charge in [-0.2, -0.15) is 0 Å². The number of hydrogen-bond acceptors (Lipinski definition) is 3. The molecule has 15 heavy (non-hydrogen) atoms. The molecule has 1 atom stereocenters. The Bertz CT molecular complexity index is 181. The van der Waals surface area contributed by atoms with Gasteiger partial charge in [0, 0.05) is 0 Å². The van der Waals surface area contributed by atoms with E-state index in [1.54, 1.807) is 0 Å². The lowest BCUT2D eigenvalue weighted by Crippen LogP contribution is -2.34. The van der Waals surface area contributed by atoms with E-state index in [-0.39, 0.29) is 18.4 Å². The highest BCUT2D eigenvalue weighted by molar-refractivity contribution is 5.85. The lowest BCUT2D eigenvalue weighted by atomic mass is 9.85. The molecule has 0 radical (unpaired) electrons. The van der Waals surface area contributed by atoms with Crippen molar-refractivity contribution in [1.82, 2.24) is 0 Å². The number of rotatable bonds is 4. The van der Waals surface area contributed by atoms with Crippen molar-refractivity contribution in [3.63, 3.8) is 0 Å². The zero-order valence-electron chi connectivity index (χ0n) is 9.41. The lowest BCUT2D eigenvalue weighted by molar-refractivity contribution is -0.145. The third-order valence-electron chi connectivity index (χ3n) is 2.90. The summed E-state index contributed by atoms with van der Waals surface area (Å²) in [5.41, 5.74) is 5.76. The standard InChI is InChI=1S/C11H21NO2.ClH/c1-2-14-11(13)10(12)8-9-6-4-3-5-7-9;/h9-10H,2-8,12H2,1H3;1H. The fourth-order valence-electron chi connectivity index (χ4n) is 2.13. The SMILES string of the molecule is CCOC(=O)C(N)CC1CCCCC1.Cl. The first-order chi connectivity index (χ1) is 6.74. The summed E-state index contributed by atoms with van der Waals surface area (Å²) in [6.45, 7) is 2.24. The van der Waals surface area contributed by atoms with E-state index in [1.165, 1.54) is 32.1 Å². The molecule has 0 saturated heterocycles. The molecule has 3 nitrogen and oxygen atoms in total. The zero-order valence-corrected chi connectivity index (χ0v) is 10.2. The Kier molecular flexibility index (Phi) is 7.79. The van der Waals surface area contributed by atoms with Gasteiger partial charge in [-0.05, 0) is 19.3 Å². The van der Waals surface area contributed by atoms with Crippen LogP contribution in [0.5, 0.6) is 0 Å². The number of carbonyl (C=O) groups is 1. The van der Waals surface area contributed by atoms with Gasteiger partial charge in [0.2, 0.25) is 0 Å². The van der Waals surface area contributed by atoms with Crippen molar-refractivity contribution in [2.45, 2.75) is 51.5 Å². The summed E-state index contributed by atoms with van der Waals surface area (Å²) in [5, 5.41) is 0. The smallest absolute Gasteiger partial charge is 0.322 e. The molecule has 0 amide bonds. The van der Waals surface area contributed by atoms with Crippen molar-refractivity contribution in [1.29, 1.82) is 0 Å². The fraction of sp³-hybridized carbons (Fsp3) is 0.909. The second-order valence-electron chi connectivity index (χ2n) is 4.10. The van der Waals surface area contributed by atoms with Crippen LogP contribution in [0, 0.1) is 5.92 Å². The van der Waals surface area contributed by atoms with Gasteiger partial charge in [0.1, 0.15) is 6.04 Å². The molecule has 0 heterocycles. The van der Waals surface area contributed by atoms with Gasteiger partial charge in [-0.1, -0.05) is 32.1 Å². The average Bonchev–Trinajstić information content (AvgIpc) is 2.19. The van der Waals surface area contributed by atoms with Crippen molar-refractivity contribution in [2.75, 3.05) is 6.61 Å². The Hall–Kier alpha value is -0.280. The van der Waals surface area contributed by atoms with Gasteiger partial charge in [0.05, 0.1) is 6.61 Å². The highest BCUT2D eigenvalue weighted by Gasteiger charge is 2.21. The molecule has 1 saturated carbocycles. The van der Waals surface area contributed by atoms with Crippen LogP contribution in [-0.2, 0) is 9.53 Å². The maximum atomic E-state index is 11.3. The number of hydrogen-bond donors (Lipinski definition) is 1. The van der Waals surface area contributed by atoms with E-state index >= 15 is 0 Å². The quantitative estimate of drug-likeness (QED) is 0.761. The average molecular weight is 236 g/mol. The molecule has 2 N–H and O–H groups in total. The van der Waals surface area contributed by atoms with Crippen LogP contribution in [0.3, 0.4) is 0 Å². The van der Waals surface area contributed by atoms with Gasteiger partial charge >= 0.3 is 5.97 Å². The molecule has 4 heteroatoms. The molecule has 0 aromatic heterocycles. The van der Waals surface area contributed by atoms with E-state index in [1.807, 2.05) is 6.92 Å². The largest absolute Gasteiger partial charge is 0.465 e. The molecular formula is C11H22ClNO2. The number of nitrogens with two attached hydrogens (primary N) is 1. The van der Waals surface area contributed by atoms with E-state index in [0.717, 1.165) is 6.42 Å². The molecule has 0 aliphatic heterocycles. The minimum atomic E-state index is -0.405. The van der Waals surface area contributed by atoms with Crippen molar-refractivity contribution < 1.29 is 9.53 Å². The molecule has 1 fully saturated rings. The van der Waals surface area contributed by atoms with E-state index in [4.69, 9.17) is 10.5 Å². The zero-order chi connectivity index (χ0) is 10.4. The minimum Gasteiger partial charge on any atom is -0.465 e. The summed E-state index contributed by atoms with van der Waals surface area (Å²) in [7, 11) is 0. The topological polar surface area (TPSA) is 52.3 Å². The van der Waals surface area contributed by atoms with Gasteiger partial charge in [0.15, 0.2) is 0 Å². The number of esters is 1. The molecule has 1 rings (SSSR count). The van der Waals surface area contributed by atoms with Gasteiger partial charge in [-0.25, -0.2) is 0 Å². The van der Waals surface area contributed by atoms with Crippen LogP contribution in [-0.4, -0.2) is 18.6 Å². The van der Waals surface area contributed by atoms with Gasteiger partial charge in [-0.3, -0.25) is 4.79 Å². The highest BCUT2D eigenvalue weighted by atomic mass is 35.5. The van der Waals surface area contributed by atoms with Crippen LogP contribution in [0.25, 0.3) is 0 Å². The number of carbonyl (C=O) groups excluding carboxylic acids is 1. The summed E-state index contributed by atoms with van der Waals surface area (Å²) < 4.78 is 4.88. The maximum absolute atomic E-state index is 11.3. The first-order valence-corrected chi connectivity index (χ1v) is 5.66. The maximum Gasteiger partial charge on any atom is 0.322 e. The Labute approximate surface area is 98.2 Å². The molecule has 0 aromatic carbocycles. The molecule has 1 aliphatic rings. The molecule has 0 bridgehead atoms. The van der Waals surface area contributed by atoms with E-state index < -0.39 is 6.04 Å². The molecule has 90 valence electrons. The Morgan fingerprint density at radius 3 is 2.53 bits per heavy atom. The Morgan fingerprint density at radius 1 is 1.40 bits per heavy atom. The molecule has 1 aliphatic carbocycles. The summed E-state index contributed by atoms with van der Waals surface area (Å²) in [4.78, 5) is 11.3. The third-order valence-corrected chi connectivity index (χ3v) is 2.90.